The summed E-state index contributed by atoms with van der Waals surface area (Å²) in [7, 11) is -0.00417. The molecule has 0 aliphatic rings. The summed E-state index contributed by atoms with van der Waals surface area (Å²) in [5.74, 6) is -0.717. The minimum atomic E-state index is -3.94. The Morgan fingerprint density at radius 1 is 1.00 bits per heavy atom. The van der Waals surface area contributed by atoms with E-state index in [-0.39, 0.29) is 10.8 Å². The molecule has 0 saturated heterocycles. The van der Waals surface area contributed by atoms with Gasteiger partial charge in [0.25, 0.3) is 0 Å². The number of carbonyl (C=O) groups excluding carboxylic acids is 1. The predicted molar refractivity (Wildman–Crippen MR) is 146 cm³/mol. The third kappa shape index (κ3) is 5.72. The molecule has 36 heavy (non-hydrogen) atoms. The van der Waals surface area contributed by atoms with Crippen molar-refractivity contribution in [3.05, 3.63) is 66.7 Å². The Labute approximate surface area is 215 Å². The molecule has 4 rings (SSSR count). The maximum Gasteiger partial charge on any atom is 0.244 e. The summed E-state index contributed by atoms with van der Waals surface area (Å²) >= 11 is 1.24. The van der Waals surface area contributed by atoms with Crippen molar-refractivity contribution in [3.63, 3.8) is 0 Å². The van der Waals surface area contributed by atoms with Gasteiger partial charge < -0.3 is 4.90 Å². The first-order valence-electron chi connectivity index (χ1n) is 11.6. The first kappa shape index (κ1) is 25.7. The molecule has 0 saturated carbocycles. The van der Waals surface area contributed by atoms with Crippen molar-refractivity contribution in [2.45, 2.75) is 31.2 Å². The van der Waals surface area contributed by atoms with Gasteiger partial charge in [-0.2, -0.15) is 4.72 Å². The van der Waals surface area contributed by atoms with Gasteiger partial charge in [0.05, 0.1) is 4.90 Å². The van der Waals surface area contributed by atoms with Crippen LogP contribution in [0, 0.1) is 5.92 Å². The van der Waals surface area contributed by atoms with Gasteiger partial charge in [-0.05, 0) is 53.1 Å². The quantitative estimate of drug-likeness (QED) is 0.328. The zero-order chi connectivity index (χ0) is 25.9. The van der Waals surface area contributed by atoms with Crippen LogP contribution < -0.4 is 14.9 Å². The molecule has 3 aromatic carbocycles. The molecule has 1 heterocycles. The van der Waals surface area contributed by atoms with E-state index in [1.165, 1.54) is 11.3 Å². The van der Waals surface area contributed by atoms with Crippen molar-refractivity contribution in [1.82, 2.24) is 14.9 Å². The average molecular weight is 524 g/mol. The monoisotopic (exact) mass is 523 g/mol. The first-order valence-corrected chi connectivity index (χ1v) is 13.9. The van der Waals surface area contributed by atoms with Crippen LogP contribution in [0.25, 0.3) is 21.3 Å². The second-order valence-electron chi connectivity index (χ2n) is 8.84. The van der Waals surface area contributed by atoms with Crippen molar-refractivity contribution < 1.29 is 13.2 Å². The Morgan fingerprint density at radius 3 is 2.36 bits per heavy atom. The van der Waals surface area contributed by atoms with E-state index in [2.05, 4.69) is 20.2 Å². The minimum Gasteiger partial charge on any atom is -0.378 e. The Hall–Kier alpha value is -3.34. The van der Waals surface area contributed by atoms with Gasteiger partial charge in [0, 0.05) is 25.3 Å². The number of nitrogens with zero attached hydrogens (tertiary/aromatic N) is 3. The zero-order valence-corrected chi connectivity index (χ0v) is 22.2. The highest BCUT2D eigenvalue weighted by atomic mass is 32.2. The van der Waals surface area contributed by atoms with Crippen LogP contribution in [-0.2, 0) is 14.8 Å². The summed E-state index contributed by atoms with van der Waals surface area (Å²) in [6.07, 6.45) is 0.609. The number of nitrogens with one attached hydrogen (secondary N) is 2. The van der Waals surface area contributed by atoms with Gasteiger partial charge in [0.1, 0.15) is 11.0 Å². The molecule has 1 amide bonds. The second kappa shape index (κ2) is 10.7. The van der Waals surface area contributed by atoms with E-state index in [0.29, 0.717) is 16.6 Å². The summed E-state index contributed by atoms with van der Waals surface area (Å²) in [4.78, 5) is 15.3. The predicted octanol–water partition coefficient (Wildman–Crippen LogP) is 4.76. The number of fused-ring (bicyclic) bond motifs is 1. The fourth-order valence-corrected chi connectivity index (χ4v) is 5.80. The molecule has 0 spiro atoms. The molecule has 1 aromatic heterocycles. The Morgan fingerprint density at radius 2 is 1.69 bits per heavy atom. The summed E-state index contributed by atoms with van der Waals surface area (Å²) in [6.45, 7) is 3.75. The van der Waals surface area contributed by atoms with Gasteiger partial charge in [-0.15, -0.1) is 10.2 Å². The number of sulfonamides is 1. The van der Waals surface area contributed by atoms with E-state index in [9.17, 15) is 13.2 Å². The molecule has 0 unspecified atom stereocenters. The number of benzene rings is 3. The van der Waals surface area contributed by atoms with Crippen LogP contribution in [0.2, 0.25) is 0 Å². The normalized spacial score (nSPS) is 13.3. The van der Waals surface area contributed by atoms with Gasteiger partial charge in [0.2, 0.25) is 21.1 Å². The lowest BCUT2D eigenvalue weighted by Crippen LogP contribution is -2.47. The summed E-state index contributed by atoms with van der Waals surface area (Å²) in [5.41, 5.74) is 1.95. The number of rotatable bonds is 9. The van der Waals surface area contributed by atoms with Crippen LogP contribution in [0.5, 0.6) is 0 Å². The van der Waals surface area contributed by atoms with E-state index >= 15 is 0 Å². The minimum absolute atomic E-state index is 0.113. The smallest absolute Gasteiger partial charge is 0.244 e. The van der Waals surface area contributed by atoms with E-state index in [4.69, 9.17) is 0 Å². The Balaban J connectivity index is 1.52. The van der Waals surface area contributed by atoms with Crippen LogP contribution in [0.1, 0.15) is 20.3 Å². The molecule has 4 aromatic rings. The molecule has 0 bridgehead atoms. The maximum absolute atomic E-state index is 13.2. The summed E-state index contributed by atoms with van der Waals surface area (Å²) in [5, 5.41) is 13.8. The highest BCUT2D eigenvalue weighted by Crippen LogP contribution is 2.28. The standard InChI is InChI=1S/C26H29N5O3S2/c1-5-17(2)23(30-36(33,34)22-15-12-18-8-6-7-9-20(18)16-22)24(32)27-26-29-28-25(35-26)19-10-13-21(14-11-19)31(3)4/h6-17,23,30H,5H2,1-4H3,(H,27,29,32)/t17-,23-/m0/s1. The number of amides is 1. The van der Waals surface area contributed by atoms with Crippen LogP contribution in [-0.4, -0.2) is 44.7 Å². The Bertz CT molecular complexity index is 1470. The third-order valence-electron chi connectivity index (χ3n) is 6.09. The van der Waals surface area contributed by atoms with Gasteiger partial charge in [-0.1, -0.05) is 61.9 Å². The van der Waals surface area contributed by atoms with Crippen molar-refractivity contribution in [2.24, 2.45) is 5.92 Å². The highest BCUT2D eigenvalue weighted by molar-refractivity contribution is 7.89. The largest absolute Gasteiger partial charge is 0.378 e. The fourth-order valence-electron chi connectivity index (χ4n) is 3.71. The van der Waals surface area contributed by atoms with Crippen molar-refractivity contribution in [1.29, 1.82) is 0 Å². The lowest BCUT2D eigenvalue weighted by molar-refractivity contribution is -0.118. The van der Waals surface area contributed by atoms with E-state index in [1.54, 1.807) is 18.2 Å². The van der Waals surface area contributed by atoms with Crippen LogP contribution in [0.3, 0.4) is 0 Å². The SMILES string of the molecule is CC[C@H](C)[C@H](NS(=O)(=O)c1ccc2ccccc2c1)C(=O)Nc1nnc(-c2ccc(N(C)C)cc2)s1. The second-order valence-corrected chi connectivity index (χ2v) is 11.5. The van der Waals surface area contributed by atoms with Gasteiger partial charge in [-0.3, -0.25) is 10.1 Å². The zero-order valence-electron chi connectivity index (χ0n) is 20.6. The van der Waals surface area contributed by atoms with Gasteiger partial charge in [-0.25, -0.2) is 8.42 Å². The van der Waals surface area contributed by atoms with Crippen LogP contribution in [0.4, 0.5) is 10.8 Å². The topological polar surface area (TPSA) is 104 Å². The van der Waals surface area contributed by atoms with Crippen molar-refractivity contribution in [2.75, 3.05) is 24.3 Å². The molecular formula is C26H29N5O3S2. The Kier molecular flexibility index (Phi) is 7.67. The van der Waals surface area contributed by atoms with E-state index in [1.807, 2.05) is 81.4 Å². The number of carbonyl (C=O) groups is 1. The van der Waals surface area contributed by atoms with Gasteiger partial charge in [0.15, 0.2) is 0 Å². The number of hydrogen-bond acceptors (Lipinski definition) is 7. The lowest BCUT2D eigenvalue weighted by Gasteiger charge is -2.23. The molecule has 10 heteroatoms. The maximum atomic E-state index is 13.2. The summed E-state index contributed by atoms with van der Waals surface area (Å²) in [6, 6.07) is 19.3. The van der Waals surface area contributed by atoms with E-state index in [0.717, 1.165) is 22.0 Å². The van der Waals surface area contributed by atoms with E-state index < -0.39 is 22.0 Å². The van der Waals surface area contributed by atoms with Crippen molar-refractivity contribution >= 4 is 48.9 Å². The molecule has 188 valence electrons. The molecule has 0 aliphatic carbocycles. The molecule has 0 radical (unpaired) electrons. The molecule has 2 atom stereocenters. The fraction of sp³-hybridized carbons (Fsp3) is 0.269. The highest BCUT2D eigenvalue weighted by Gasteiger charge is 2.30. The first-order chi connectivity index (χ1) is 17.2. The van der Waals surface area contributed by atoms with Crippen LogP contribution >= 0.6 is 11.3 Å². The molecule has 2 N–H and O–H groups in total. The molecular weight excluding hydrogens is 494 g/mol. The number of hydrogen-bond donors (Lipinski definition) is 2. The number of aromatic nitrogens is 2. The average Bonchev–Trinajstić information content (AvgIpc) is 3.35. The lowest BCUT2D eigenvalue weighted by atomic mass is 9.99. The molecule has 0 fully saturated rings. The van der Waals surface area contributed by atoms with Crippen molar-refractivity contribution in [3.8, 4) is 10.6 Å². The van der Waals surface area contributed by atoms with Crippen LogP contribution in [0.15, 0.2) is 71.6 Å². The third-order valence-corrected chi connectivity index (χ3v) is 8.42. The van der Waals surface area contributed by atoms with Gasteiger partial charge >= 0.3 is 0 Å². The summed E-state index contributed by atoms with van der Waals surface area (Å²) < 4.78 is 29.0. The molecule has 8 nitrogen and oxygen atoms in total. The number of anilines is 2. The molecule has 0 aliphatic heterocycles.